The van der Waals surface area contributed by atoms with Crippen molar-refractivity contribution in [3.05, 3.63) is 42.4 Å². The Hall–Kier alpha value is -2.83. The van der Waals surface area contributed by atoms with Crippen LogP contribution in [-0.4, -0.2) is 42.2 Å². The van der Waals surface area contributed by atoms with Crippen LogP contribution < -0.4 is 20.1 Å². The van der Waals surface area contributed by atoms with Crippen molar-refractivity contribution >= 4 is 11.7 Å². The van der Waals surface area contributed by atoms with Gasteiger partial charge in [-0.1, -0.05) is 0 Å². The van der Waals surface area contributed by atoms with Gasteiger partial charge in [0, 0.05) is 12.1 Å². The van der Waals surface area contributed by atoms with Crippen molar-refractivity contribution in [3.8, 4) is 11.5 Å². The van der Waals surface area contributed by atoms with Gasteiger partial charge in [0.25, 0.3) is 5.91 Å². The number of nitrogens with zero attached hydrogens (tertiary/aromatic N) is 2. The van der Waals surface area contributed by atoms with Gasteiger partial charge in [0.2, 0.25) is 0 Å². The van der Waals surface area contributed by atoms with Gasteiger partial charge in [0.1, 0.15) is 35.9 Å². The molecular weight excluding hydrogens is 308 g/mol. The maximum absolute atomic E-state index is 12.1. The van der Waals surface area contributed by atoms with E-state index in [9.17, 15) is 4.79 Å². The summed E-state index contributed by atoms with van der Waals surface area (Å²) in [5, 5.41) is 5.90. The van der Waals surface area contributed by atoms with Crippen molar-refractivity contribution < 1.29 is 14.3 Å². The van der Waals surface area contributed by atoms with E-state index in [2.05, 4.69) is 20.6 Å². The molecule has 7 nitrogen and oxygen atoms in total. The van der Waals surface area contributed by atoms with Crippen LogP contribution in [0.15, 0.2) is 36.7 Å². The molecule has 0 aliphatic heterocycles. The zero-order valence-corrected chi connectivity index (χ0v) is 14.1. The van der Waals surface area contributed by atoms with Crippen molar-refractivity contribution in [3.63, 3.8) is 0 Å². The van der Waals surface area contributed by atoms with E-state index in [0.29, 0.717) is 24.7 Å². The third-order valence-electron chi connectivity index (χ3n) is 3.05. The standard InChI is InChI=1S/C17H22N4O3/c1-12(2)21-16-10-15(19-11-20-16)17(22)18-8-9-24-14-6-4-13(23-3)5-7-14/h4-7,10-12H,8-9H2,1-3H3,(H,18,22)(H,19,20,21). The first-order chi connectivity index (χ1) is 11.6. The molecule has 1 amide bonds. The molecule has 0 spiro atoms. The number of ether oxygens (including phenoxy) is 2. The molecule has 1 aromatic heterocycles. The van der Waals surface area contributed by atoms with Crippen LogP contribution in [0.1, 0.15) is 24.3 Å². The molecule has 7 heteroatoms. The highest BCUT2D eigenvalue weighted by Crippen LogP contribution is 2.16. The Morgan fingerprint density at radius 1 is 1.17 bits per heavy atom. The van der Waals surface area contributed by atoms with Gasteiger partial charge in [-0.2, -0.15) is 0 Å². The van der Waals surface area contributed by atoms with Crippen molar-refractivity contribution in [1.82, 2.24) is 15.3 Å². The highest BCUT2D eigenvalue weighted by Gasteiger charge is 2.08. The molecule has 128 valence electrons. The highest BCUT2D eigenvalue weighted by molar-refractivity contribution is 5.92. The zero-order chi connectivity index (χ0) is 17.4. The monoisotopic (exact) mass is 330 g/mol. The molecule has 0 saturated heterocycles. The first-order valence-corrected chi connectivity index (χ1v) is 7.72. The average molecular weight is 330 g/mol. The van der Waals surface area contributed by atoms with E-state index < -0.39 is 0 Å². The van der Waals surface area contributed by atoms with Gasteiger partial charge in [-0.3, -0.25) is 4.79 Å². The summed E-state index contributed by atoms with van der Waals surface area (Å²) in [5.41, 5.74) is 0.317. The Morgan fingerprint density at radius 2 is 1.88 bits per heavy atom. The first-order valence-electron chi connectivity index (χ1n) is 7.72. The van der Waals surface area contributed by atoms with Crippen molar-refractivity contribution in [1.29, 1.82) is 0 Å². The van der Waals surface area contributed by atoms with Gasteiger partial charge in [0.05, 0.1) is 13.7 Å². The molecule has 0 saturated carbocycles. The summed E-state index contributed by atoms with van der Waals surface area (Å²) in [6.07, 6.45) is 1.37. The molecular formula is C17H22N4O3. The van der Waals surface area contributed by atoms with Crippen molar-refractivity contribution in [2.75, 3.05) is 25.6 Å². The molecule has 0 unspecified atom stereocenters. The number of anilines is 1. The molecule has 0 atom stereocenters. The van der Waals surface area contributed by atoms with Crippen LogP contribution in [-0.2, 0) is 0 Å². The Morgan fingerprint density at radius 3 is 2.54 bits per heavy atom. The molecule has 0 aliphatic rings. The fourth-order valence-corrected chi connectivity index (χ4v) is 1.95. The van der Waals surface area contributed by atoms with Crippen LogP contribution in [0.4, 0.5) is 5.82 Å². The number of benzene rings is 1. The van der Waals surface area contributed by atoms with Gasteiger partial charge in [-0.05, 0) is 38.1 Å². The summed E-state index contributed by atoms with van der Waals surface area (Å²) in [6.45, 7) is 4.73. The maximum Gasteiger partial charge on any atom is 0.270 e. The number of hydrogen-bond acceptors (Lipinski definition) is 6. The number of rotatable bonds is 8. The SMILES string of the molecule is COc1ccc(OCCNC(=O)c2cc(NC(C)C)ncn2)cc1. The molecule has 0 aliphatic carbocycles. The number of nitrogens with one attached hydrogen (secondary N) is 2. The lowest BCUT2D eigenvalue weighted by Gasteiger charge is -2.10. The number of methoxy groups -OCH3 is 1. The molecule has 2 N–H and O–H groups in total. The summed E-state index contributed by atoms with van der Waals surface area (Å²) in [5.74, 6) is 1.85. The normalized spacial score (nSPS) is 10.3. The molecule has 2 rings (SSSR count). The zero-order valence-electron chi connectivity index (χ0n) is 14.1. The summed E-state index contributed by atoms with van der Waals surface area (Å²) in [6, 6.07) is 9.12. The molecule has 0 fully saturated rings. The van der Waals surface area contributed by atoms with Gasteiger partial charge >= 0.3 is 0 Å². The van der Waals surface area contributed by atoms with Gasteiger partial charge < -0.3 is 20.1 Å². The molecule has 0 bridgehead atoms. The largest absolute Gasteiger partial charge is 0.497 e. The minimum atomic E-state index is -0.262. The van der Waals surface area contributed by atoms with Crippen LogP contribution >= 0.6 is 0 Å². The minimum absolute atomic E-state index is 0.230. The molecule has 1 aromatic carbocycles. The smallest absolute Gasteiger partial charge is 0.270 e. The minimum Gasteiger partial charge on any atom is -0.497 e. The Labute approximate surface area is 141 Å². The molecule has 0 radical (unpaired) electrons. The summed E-state index contributed by atoms with van der Waals surface area (Å²) in [4.78, 5) is 20.1. The Bertz CT molecular complexity index is 659. The second-order valence-corrected chi connectivity index (χ2v) is 5.37. The van der Waals surface area contributed by atoms with Crippen LogP contribution in [0, 0.1) is 0 Å². The quantitative estimate of drug-likeness (QED) is 0.721. The number of hydrogen-bond donors (Lipinski definition) is 2. The van der Waals surface area contributed by atoms with Crippen molar-refractivity contribution in [2.45, 2.75) is 19.9 Å². The number of carbonyl (C=O) groups is 1. The van der Waals surface area contributed by atoms with Crippen molar-refractivity contribution in [2.24, 2.45) is 0 Å². The van der Waals surface area contributed by atoms with Gasteiger partial charge in [-0.15, -0.1) is 0 Å². The van der Waals surface area contributed by atoms with E-state index in [0.717, 1.165) is 11.5 Å². The Balaban J connectivity index is 1.78. The fourth-order valence-electron chi connectivity index (χ4n) is 1.95. The number of carbonyl (C=O) groups excluding carboxylic acids is 1. The van der Waals surface area contributed by atoms with E-state index in [1.54, 1.807) is 13.2 Å². The second kappa shape index (κ2) is 8.71. The third kappa shape index (κ3) is 5.42. The third-order valence-corrected chi connectivity index (χ3v) is 3.05. The van der Waals surface area contributed by atoms with Crippen LogP contribution in [0.25, 0.3) is 0 Å². The fraction of sp³-hybridized carbons (Fsp3) is 0.353. The average Bonchev–Trinajstić information content (AvgIpc) is 2.58. The van der Waals surface area contributed by atoms with E-state index in [1.165, 1.54) is 6.33 Å². The Kier molecular flexibility index (Phi) is 6.36. The summed E-state index contributed by atoms with van der Waals surface area (Å²) < 4.78 is 10.6. The van der Waals surface area contributed by atoms with E-state index in [4.69, 9.17) is 9.47 Å². The van der Waals surface area contributed by atoms with Gasteiger partial charge in [-0.25, -0.2) is 9.97 Å². The van der Waals surface area contributed by atoms with Gasteiger partial charge in [0.15, 0.2) is 0 Å². The lowest BCUT2D eigenvalue weighted by Crippen LogP contribution is -2.29. The van der Waals surface area contributed by atoms with E-state index in [-0.39, 0.29) is 11.9 Å². The summed E-state index contributed by atoms with van der Waals surface area (Å²) >= 11 is 0. The lowest BCUT2D eigenvalue weighted by molar-refractivity contribution is 0.0942. The second-order valence-electron chi connectivity index (χ2n) is 5.37. The maximum atomic E-state index is 12.1. The highest BCUT2D eigenvalue weighted by atomic mass is 16.5. The topological polar surface area (TPSA) is 85.4 Å². The predicted octanol–water partition coefficient (Wildman–Crippen LogP) is 2.11. The molecule has 2 aromatic rings. The summed E-state index contributed by atoms with van der Waals surface area (Å²) in [7, 11) is 1.61. The predicted molar refractivity (Wildman–Crippen MR) is 91.6 cm³/mol. The van der Waals surface area contributed by atoms with Crippen LogP contribution in [0.3, 0.4) is 0 Å². The number of aromatic nitrogens is 2. The van der Waals surface area contributed by atoms with Crippen LogP contribution in [0.2, 0.25) is 0 Å². The number of amides is 1. The first kappa shape index (κ1) is 17.5. The molecule has 1 heterocycles. The lowest BCUT2D eigenvalue weighted by atomic mass is 10.3. The van der Waals surface area contributed by atoms with Crippen LogP contribution in [0.5, 0.6) is 11.5 Å². The van der Waals surface area contributed by atoms with E-state index in [1.807, 2.05) is 38.1 Å². The van der Waals surface area contributed by atoms with E-state index >= 15 is 0 Å². The molecule has 24 heavy (non-hydrogen) atoms.